The highest BCUT2D eigenvalue weighted by Crippen LogP contribution is 2.13. The van der Waals surface area contributed by atoms with E-state index < -0.39 is 0 Å². The van der Waals surface area contributed by atoms with Gasteiger partial charge in [-0.2, -0.15) is 0 Å². The molecule has 0 saturated heterocycles. The number of aryl methyl sites for hydroxylation is 2. The van der Waals surface area contributed by atoms with Crippen molar-refractivity contribution in [2.24, 2.45) is 5.73 Å². The Morgan fingerprint density at radius 1 is 0.938 bits per heavy atom. The fourth-order valence-electron chi connectivity index (χ4n) is 1.93. The Hall–Kier alpha value is -1.02. The van der Waals surface area contributed by atoms with Gasteiger partial charge in [-0.15, -0.1) is 0 Å². The largest absolute Gasteiger partial charge is 0.385 e. The molecule has 0 aliphatic rings. The van der Waals surface area contributed by atoms with Crippen LogP contribution in [0.4, 0.5) is 5.69 Å². The Kier molecular flexibility index (Phi) is 5.94. The Morgan fingerprint density at radius 3 is 2.19 bits per heavy atom. The quantitative estimate of drug-likeness (QED) is 0.692. The zero-order valence-electron chi connectivity index (χ0n) is 10.6. The van der Waals surface area contributed by atoms with Crippen molar-refractivity contribution in [3.8, 4) is 0 Å². The lowest BCUT2D eigenvalue weighted by atomic mass is 10.1. The van der Waals surface area contributed by atoms with E-state index in [2.05, 4.69) is 37.4 Å². The smallest absolute Gasteiger partial charge is 0.0345 e. The van der Waals surface area contributed by atoms with E-state index in [4.69, 9.17) is 5.73 Å². The summed E-state index contributed by atoms with van der Waals surface area (Å²) in [4.78, 5) is 0. The summed E-state index contributed by atoms with van der Waals surface area (Å²) in [6.07, 6.45) is 4.91. The topological polar surface area (TPSA) is 38.0 Å². The summed E-state index contributed by atoms with van der Waals surface area (Å²) in [5.41, 5.74) is 9.35. The normalized spacial score (nSPS) is 10.4. The third-order valence-electron chi connectivity index (χ3n) is 2.68. The van der Waals surface area contributed by atoms with E-state index in [1.165, 1.54) is 36.1 Å². The second-order valence-electron chi connectivity index (χ2n) is 4.51. The molecule has 0 amide bonds. The van der Waals surface area contributed by atoms with Gasteiger partial charge in [0.15, 0.2) is 0 Å². The molecule has 1 aromatic rings. The monoisotopic (exact) mass is 220 g/mol. The Balaban J connectivity index is 2.21. The van der Waals surface area contributed by atoms with Crippen molar-refractivity contribution in [1.82, 2.24) is 0 Å². The first kappa shape index (κ1) is 13.0. The van der Waals surface area contributed by atoms with Crippen LogP contribution in [0.2, 0.25) is 0 Å². The van der Waals surface area contributed by atoms with Crippen molar-refractivity contribution in [1.29, 1.82) is 0 Å². The van der Waals surface area contributed by atoms with Gasteiger partial charge in [0.1, 0.15) is 0 Å². The lowest BCUT2D eigenvalue weighted by Gasteiger charge is -2.08. The molecular formula is C14H24N2. The van der Waals surface area contributed by atoms with Gasteiger partial charge in [0, 0.05) is 12.2 Å². The van der Waals surface area contributed by atoms with Gasteiger partial charge >= 0.3 is 0 Å². The van der Waals surface area contributed by atoms with E-state index in [0.717, 1.165) is 19.5 Å². The van der Waals surface area contributed by atoms with Crippen LogP contribution in [0.1, 0.15) is 36.8 Å². The number of hydrogen-bond donors (Lipinski definition) is 2. The highest BCUT2D eigenvalue weighted by atomic mass is 14.9. The van der Waals surface area contributed by atoms with Gasteiger partial charge in [-0.3, -0.25) is 0 Å². The maximum atomic E-state index is 5.45. The van der Waals surface area contributed by atoms with Gasteiger partial charge in [0.05, 0.1) is 0 Å². The number of nitrogens with one attached hydrogen (secondary N) is 1. The molecular weight excluding hydrogens is 196 g/mol. The molecule has 0 spiro atoms. The highest BCUT2D eigenvalue weighted by molar-refractivity contribution is 5.48. The zero-order valence-corrected chi connectivity index (χ0v) is 10.6. The molecule has 3 N–H and O–H groups in total. The standard InChI is InChI=1S/C14H24N2/c1-12-9-13(2)11-14(10-12)16-8-6-4-3-5-7-15/h9-11,16H,3-8,15H2,1-2H3. The molecule has 0 fully saturated rings. The van der Waals surface area contributed by atoms with Crippen LogP contribution in [-0.2, 0) is 0 Å². The van der Waals surface area contributed by atoms with Gasteiger partial charge < -0.3 is 11.1 Å². The summed E-state index contributed by atoms with van der Waals surface area (Å²) < 4.78 is 0. The number of unbranched alkanes of at least 4 members (excludes halogenated alkanes) is 3. The van der Waals surface area contributed by atoms with Gasteiger partial charge in [-0.25, -0.2) is 0 Å². The van der Waals surface area contributed by atoms with Crippen LogP contribution in [-0.4, -0.2) is 13.1 Å². The molecule has 0 aliphatic heterocycles. The molecule has 1 rings (SSSR count). The average molecular weight is 220 g/mol. The summed E-state index contributed by atoms with van der Waals surface area (Å²) in [6.45, 7) is 6.16. The van der Waals surface area contributed by atoms with Crippen LogP contribution in [0.15, 0.2) is 18.2 Å². The van der Waals surface area contributed by atoms with Gasteiger partial charge in [-0.05, 0) is 56.5 Å². The fraction of sp³-hybridized carbons (Fsp3) is 0.571. The molecule has 0 aliphatic carbocycles. The Morgan fingerprint density at radius 2 is 1.56 bits per heavy atom. The van der Waals surface area contributed by atoms with E-state index in [1.807, 2.05) is 0 Å². The van der Waals surface area contributed by atoms with E-state index in [1.54, 1.807) is 0 Å². The summed E-state index contributed by atoms with van der Waals surface area (Å²) in [5, 5.41) is 3.47. The van der Waals surface area contributed by atoms with Crippen molar-refractivity contribution in [2.75, 3.05) is 18.4 Å². The molecule has 90 valence electrons. The predicted molar refractivity (Wildman–Crippen MR) is 71.9 cm³/mol. The zero-order chi connectivity index (χ0) is 11.8. The molecule has 0 unspecified atom stereocenters. The maximum absolute atomic E-state index is 5.45. The third-order valence-corrected chi connectivity index (χ3v) is 2.68. The first-order valence-corrected chi connectivity index (χ1v) is 6.24. The van der Waals surface area contributed by atoms with Crippen LogP contribution < -0.4 is 11.1 Å². The summed E-state index contributed by atoms with van der Waals surface area (Å²) in [6, 6.07) is 6.60. The van der Waals surface area contributed by atoms with Crippen molar-refractivity contribution in [3.05, 3.63) is 29.3 Å². The van der Waals surface area contributed by atoms with Gasteiger partial charge in [0.2, 0.25) is 0 Å². The summed E-state index contributed by atoms with van der Waals surface area (Å²) in [7, 11) is 0. The first-order chi connectivity index (χ1) is 7.72. The lowest BCUT2D eigenvalue weighted by Crippen LogP contribution is -2.03. The van der Waals surface area contributed by atoms with Gasteiger partial charge in [-0.1, -0.05) is 18.9 Å². The molecule has 0 atom stereocenters. The minimum absolute atomic E-state index is 0.824. The molecule has 0 heterocycles. The minimum atomic E-state index is 0.824. The van der Waals surface area contributed by atoms with Crippen molar-refractivity contribution >= 4 is 5.69 Å². The molecule has 2 heteroatoms. The number of anilines is 1. The molecule has 1 aromatic carbocycles. The van der Waals surface area contributed by atoms with Crippen LogP contribution in [0.5, 0.6) is 0 Å². The number of nitrogens with two attached hydrogens (primary N) is 1. The van der Waals surface area contributed by atoms with Crippen molar-refractivity contribution in [2.45, 2.75) is 39.5 Å². The maximum Gasteiger partial charge on any atom is 0.0345 e. The highest BCUT2D eigenvalue weighted by Gasteiger charge is 1.95. The van der Waals surface area contributed by atoms with Crippen LogP contribution in [0.25, 0.3) is 0 Å². The number of benzene rings is 1. The lowest BCUT2D eigenvalue weighted by molar-refractivity contribution is 0.661. The van der Waals surface area contributed by atoms with E-state index in [9.17, 15) is 0 Å². The Labute approximate surface area is 99.2 Å². The second kappa shape index (κ2) is 7.29. The van der Waals surface area contributed by atoms with Crippen LogP contribution in [0.3, 0.4) is 0 Å². The molecule has 0 aromatic heterocycles. The molecule has 0 saturated carbocycles. The predicted octanol–water partition coefficient (Wildman–Crippen LogP) is 3.23. The van der Waals surface area contributed by atoms with E-state index in [0.29, 0.717) is 0 Å². The Bertz CT molecular complexity index is 287. The fourth-order valence-corrected chi connectivity index (χ4v) is 1.93. The SMILES string of the molecule is Cc1cc(C)cc(NCCCCCCN)c1. The van der Waals surface area contributed by atoms with E-state index >= 15 is 0 Å². The first-order valence-electron chi connectivity index (χ1n) is 6.24. The van der Waals surface area contributed by atoms with Crippen LogP contribution >= 0.6 is 0 Å². The molecule has 0 bridgehead atoms. The number of hydrogen-bond acceptors (Lipinski definition) is 2. The van der Waals surface area contributed by atoms with Gasteiger partial charge in [0.25, 0.3) is 0 Å². The molecule has 2 nitrogen and oxygen atoms in total. The number of rotatable bonds is 7. The van der Waals surface area contributed by atoms with Crippen molar-refractivity contribution < 1.29 is 0 Å². The summed E-state index contributed by atoms with van der Waals surface area (Å²) in [5.74, 6) is 0. The van der Waals surface area contributed by atoms with Crippen LogP contribution in [0, 0.1) is 13.8 Å². The second-order valence-corrected chi connectivity index (χ2v) is 4.51. The minimum Gasteiger partial charge on any atom is -0.385 e. The third kappa shape index (κ3) is 5.17. The van der Waals surface area contributed by atoms with E-state index in [-0.39, 0.29) is 0 Å². The summed E-state index contributed by atoms with van der Waals surface area (Å²) >= 11 is 0. The van der Waals surface area contributed by atoms with Crippen molar-refractivity contribution in [3.63, 3.8) is 0 Å². The molecule has 16 heavy (non-hydrogen) atoms. The average Bonchev–Trinajstić information content (AvgIpc) is 2.22. The molecule has 0 radical (unpaired) electrons.